The van der Waals surface area contributed by atoms with Gasteiger partial charge in [-0.05, 0) is 0 Å². The van der Waals surface area contributed by atoms with Crippen LogP contribution in [0.1, 0.15) is 12.0 Å². The molecule has 1 aromatic rings. The van der Waals surface area contributed by atoms with Crippen LogP contribution in [0.4, 0.5) is 0 Å². The van der Waals surface area contributed by atoms with E-state index in [1.165, 1.54) is 14.4 Å². The van der Waals surface area contributed by atoms with Crippen LogP contribution in [0.2, 0.25) is 0 Å². The van der Waals surface area contributed by atoms with E-state index in [2.05, 4.69) is 39.1 Å². The van der Waals surface area contributed by atoms with Gasteiger partial charge in [0.2, 0.25) is 0 Å². The Kier molecular flexibility index (Phi) is 2.76. The van der Waals surface area contributed by atoms with Crippen molar-refractivity contribution in [1.29, 1.82) is 0 Å². The van der Waals surface area contributed by atoms with Gasteiger partial charge >= 0.3 is 109 Å². The summed E-state index contributed by atoms with van der Waals surface area (Å²) >= 11 is 2.49. The third-order valence-electron chi connectivity index (χ3n) is 2.61. The van der Waals surface area contributed by atoms with Crippen molar-refractivity contribution in [2.75, 3.05) is 0 Å². The molecule has 0 fully saturated rings. The number of rotatable bonds is 0. The maximum atomic E-state index is 5.98. The Morgan fingerprint density at radius 1 is 1.47 bits per heavy atom. The molecule has 0 saturated heterocycles. The Bertz CT molecular complexity index is 470. The quantitative estimate of drug-likeness (QED) is 0.549. The number of hydrogen-bond acceptors (Lipinski definition) is 2. The van der Waals surface area contributed by atoms with E-state index >= 15 is 0 Å². The SMILES string of the molecule is Brc1cnc[c]2c1C1=CC=CCC1[O][BiH]2. The normalized spacial score (nSPS) is 23.0. The van der Waals surface area contributed by atoms with E-state index in [0.717, 1.165) is 10.9 Å². The summed E-state index contributed by atoms with van der Waals surface area (Å²) in [5.41, 5.74) is 2.68. The molecular formula is C11H9BiBrNO. The second-order valence-corrected chi connectivity index (χ2v) is 8.20. The molecule has 1 aromatic heterocycles. The predicted octanol–water partition coefficient (Wildman–Crippen LogP) is 1.56. The van der Waals surface area contributed by atoms with Crippen molar-refractivity contribution in [2.24, 2.45) is 0 Å². The van der Waals surface area contributed by atoms with Gasteiger partial charge in [-0.25, -0.2) is 0 Å². The first kappa shape index (κ1) is 10.1. The molecule has 2 nitrogen and oxygen atoms in total. The zero-order valence-electron chi connectivity index (χ0n) is 7.90. The molecule has 0 aromatic carbocycles. The zero-order chi connectivity index (χ0) is 10.3. The Morgan fingerprint density at radius 2 is 2.40 bits per heavy atom. The van der Waals surface area contributed by atoms with Gasteiger partial charge in [-0.2, -0.15) is 0 Å². The van der Waals surface area contributed by atoms with Crippen molar-refractivity contribution in [2.45, 2.75) is 12.5 Å². The first-order valence-corrected chi connectivity index (χ1v) is 9.11. The van der Waals surface area contributed by atoms with Crippen molar-refractivity contribution in [3.63, 3.8) is 0 Å². The summed E-state index contributed by atoms with van der Waals surface area (Å²) in [5, 5.41) is 0. The zero-order valence-corrected chi connectivity index (χ0v) is 13.4. The van der Waals surface area contributed by atoms with Crippen LogP contribution in [-0.2, 0) is 2.81 Å². The molecule has 2 aliphatic rings. The Balaban J connectivity index is 2.21. The maximum absolute atomic E-state index is 5.98. The third kappa shape index (κ3) is 1.73. The van der Waals surface area contributed by atoms with Crippen molar-refractivity contribution >= 4 is 48.4 Å². The van der Waals surface area contributed by atoms with Crippen LogP contribution in [0.5, 0.6) is 0 Å². The number of allylic oxidation sites excluding steroid dienone is 2. The molecule has 0 saturated carbocycles. The van der Waals surface area contributed by atoms with Gasteiger partial charge in [-0.3, -0.25) is 0 Å². The number of aromatic nitrogens is 1. The number of pyridine rings is 1. The van der Waals surface area contributed by atoms with Gasteiger partial charge in [-0.1, -0.05) is 0 Å². The standard InChI is InChI=1S/C11H8BrNO.Bi.H/c12-10-7-13-6-5-8(10)9-3-1-2-4-11(9)14;;/h1-3,6-7,11H,4H2;;/q-1;+1;. The Hall–Kier alpha value is -0.0469. The fourth-order valence-electron chi connectivity index (χ4n) is 1.90. The molecular weight excluding hydrogens is 451 g/mol. The van der Waals surface area contributed by atoms with Crippen LogP contribution in [0.15, 0.2) is 35.1 Å². The predicted molar refractivity (Wildman–Crippen MR) is 65.3 cm³/mol. The van der Waals surface area contributed by atoms with Gasteiger partial charge in [0.1, 0.15) is 0 Å². The van der Waals surface area contributed by atoms with Gasteiger partial charge in [0.15, 0.2) is 0 Å². The molecule has 1 aliphatic heterocycles. The molecule has 1 unspecified atom stereocenters. The molecule has 0 spiro atoms. The minimum atomic E-state index is -1.10. The van der Waals surface area contributed by atoms with Crippen molar-refractivity contribution in [3.05, 3.63) is 40.7 Å². The third-order valence-corrected chi connectivity index (χ3v) is 7.10. The van der Waals surface area contributed by atoms with E-state index in [4.69, 9.17) is 2.81 Å². The van der Waals surface area contributed by atoms with E-state index in [0.29, 0.717) is 6.10 Å². The van der Waals surface area contributed by atoms with Crippen LogP contribution in [0.3, 0.4) is 0 Å². The van der Waals surface area contributed by atoms with Gasteiger partial charge in [0.25, 0.3) is 0 Å². The summed E-state index contributed by atoms with van der Waals surface area (Å²) in [5.74, 6) is 0. The fraction of sp³-hybridized carbons (Fsp3) is 0.182. The van der Waals surface area contributed by atoms with Crippen molar-refractivity contribution in [1.82, 2.24) is 4.98 Å². The van der Waals surface area contributed by atoms with Crippen LogP contribution >= 0.6 is 15.9 Å². The molecule has 0 amide bonds. The Morgan fingerprint density at radius 3 is 3.33 bits per heavy atom. The van der Waals surface area contributed by atoms with Crippen LogP contribution in [-0.4, -0.2) is 34.8 Å². The van der Waals surface area contributed by atoms with E-state index in [1.54, 1.807) is 0 Å². The van der Waals surface area contributed by atoms with Gasteiger partial charge in [-0.15, -0.1) is 0 Å². The first-order chi connectivity index (χ1) is 7.36. The molecule has 0 N–H and O–H groups in total. The van der Waals surface area contributed by atoms with Crippen molar-refractivity contribution in [3.8, 4) is 0 Å². The van der Waals surface area contributed by atoms with Crippen molar-refractivity contribution < 1.29 is 2.81 Å². The fourth-order valence-corrected chi connectivity index (χ4v) is 7.07. The summed E-state index contributed by atoms with van der Waals surface area (Å²) in [6.07, 6.45) is 11.6. The molecule has 0 radical (unpaired) electrons. The van der Waals surface area contributed by atoms with Gasteiger partial charge in [0.05, 0.1) is 0 Å². The van der Waals surface area contributed by atoms with Gasteiger partial charge in [0, 0.05) is 0 Å². The van der Waals surface area contributed by atoms with E-state index < -0.39 is 23.7 Å². The number of fused-ring (bicyclic) bond motifs is 3. The summed E-state index contributed by atoms with van der Waals surface area (Å²) < 4.78 is 8.45. The number of halogens is 1. The van der Waals surface area contributed by atoms with Crippen LogP contribution < -0.4 is 3.27 Å². The first-order valence-electron chi connectivity index (χ1n) is 4.78. The summed E-state index contributed by atoms with van der Waals surface area (Å²) in [4.78, 5) is 4.21. The Labute approximate surface area is 109 Å². The van der Waals surface area contributed by atoms with Gasteiger partial charge < -0.3 is 0 Å². The molecule has 1 atom stereocenters. The summed E-state index contributed by atoms with van der Waals surface area (Å²) in [6.45, 7) is 0. The van der Waals surface area contributed by atoms with Crippen LogP contribution in [0.25, 0.3) is 5.57 Å². The van der Waals surface area contributed by atoms with E-state index in [-0.39, 0.29) is 0 Å². The molecule has 4 heteroatoms. The molecule has 76 valence electrons. The summed E-state index contributed by atoms with van der Waals surface area (Å²) in [6, 6.07) is 0. The van der Waals surface area contributed by atoms with Crippen LogP contribution in [0, 0.1) is 0 Å². The molecule has 2 heterocycles. The average molecular weight is 460 g/mol. The summed E-state index contributed by atoms with van der Waals surface area (Å²) in [7, 11) is 0. The molecule has 1 aliphatic carbocycles. The minimum absolute atomic E-state index is 0.310. The monoisotopic (exact) mass is 459 g/mol. The second-order valence-electron chi connectivity index (χ2n) is 3.54. The number of nitrogens with zero attached hydrogens (tertiary/aromatic N) is 1. The number of hydrogen-bond donors (Lipinski definition) is 0. The molecule has 0 bridgehead atoms. The average Bonchev–Trinajstić information content (AvgIpc) is 2.29. The topological polar surface area (TPSA) is 22.1 Å². The van der Waals surface area contributed by atoms with E-state index in [9.17, 15) is 0 Å². The molecule has 3 rings (SSSR count). The second kappa shape index (κ2) is 4.08. The van der Waals surface area contributed by atoms with E-state index in [1.807, 2.05) is 12.4 Å². The molecule has 15 heavy (non-hydrogen) atoms.